The van der Waals surface area contributed by atoms with Crippen LogP contribution in [0.25, 0.3) is 0 Å². The summed E-state index contributed by atoms with van der Waals surface area (Å²) in [7, 11) is 0. The summed E-state index contributed by atoms with van der Waals surface area (Å²) in [5.41, 5.74) is 0. The zero-order chi connectivity index (χ0) is 11.5. The average molecular weight is 228 g/mol. The minimum absolute atomic E-state index is 0.119. The first kappa shape index (κ1) is 11.3. The number of hydrogen-bond donors (Lipinski definition) is 1. The molecule has 0 radical (unpaired) electrons. The van der Waals surface area contributed by atoms with Gasteiger partial charge in [0.05, 0.1) is 6.10 Å². The Kier molecular flexibility index (Phi) is 3.39. The Balaban J connectivity index is 2.10. The van der Waals surface area contributed by atoms with Gasteiger partial charge in [-0.3, -0.25) is 0 Å². The van der Waals surface area contributed by atoms with Crippen molar-refractivity contribution in [3.8, 4) is 5.75 Å². The van der Waals surface area contributed by atoms with E-state index in [0.29, 0.717) is 12.8 Å². The first-order valence-electron chi connectivity index (χ1n) is 5.47. The van der Waals surface area contributed by atoms with Crippen LogP contribution in [0.1, 0.15) is 25.7 Å². The van der Waals surface area contributed by atoms with Gasteiger partial charge in [-0.2, -0.15) is 4.39 Å². The minimum atomic E-state index is -0.986. The van der Waals surface area contributed by atoms with E-state index in [0.717, 1.165) is 18.9 Å². The van der Waals surface area contributed by atoms with Crippen molar-refractivity contribution in [1.29, 1.82) is 0 Å². The van der Waals surface area contributed by atoms with Gasteiger partial charge in [0, 0.05) is 0 Å². The summed E-state index contributed by atoms with van der Waals surface area (Å²) in [6.07, 6.45) is 2.21. The number of ether oxygens (including phenoxy) is 1. The number of aliphatic hydroxyl groups is 1. The van der Waals surface area contributed by atoms with Crippen molar-refractivity contribution >= 4 is 0 Å². The summed E-state index contributed by atoms with van der Waals surface area (Å²) in [4.78, 5) is 0. The Morgan fingerprint density at radius 3 is 2.69 bits per heavy atom. The third-order valence-electron chi connectivity index (χ3n) is 2.86. The maximum atomic E-state index is 13.3. The van der Waals surface area contributed by atoms with E-state index in [-0.39, 0.29) is 5.75 Å². The van der Waals surface area contributed by atoms with E-state index in [1.807, 2.05) is 0 Å². The molecule has 0 amide bonds. The van der Waals surface area contributed by atoms with Crippen LogP contribution < -0.4 is 4.74 Å². The molecule has 1 fully saturated rings. The van der Waals surface area contributed by atoms with Crippen LogP contribution in [0.2, 0.25) is 0 Å². The summed E-state index contributed by atoms with van der Waals surface area (Å²) in [6.45, 7) is 0. The molecule has 2 atom stereocenters. The highest BCUT2D eigenvalue weighted by atomic mass is 19.2. The summed E-state index contributed by atoms with van der Waals surface area (Å²) in [5, 5.41) is 9.65. The molecule has 1 saturated carbocycles. The molecule has 1 aromatic rings. The zero-order valence-electron chi connectivity index (χ0n) is 8.83. The maximum absolute atomic E-state index is 13.3. The molecule has 2 rings (SSSR count). The minimum Gasteiger partial charge on any atom is -0.485 e. The van der Waals surface area contributed by atoms with Gasteiger partial charge in [0.1, 0.15) is 6.10 Å². The highest BCUT2D eigenvalue weighted by molar-refractivity contribution is 5.25. The fourth-order valence-corrected chi connectivity index (χ4v) is 1.95. The van der Waals surface area contributed by atoms with Gasteiger partial charge in [0.25, 0.3) is 0 Å². The Labute approximate surface area is 92.9 Å². The predicted octanol–water partition coefficient (Wildman–Crippen LogP) is 2.65. The van der Waals surface area contributed by atoms with Crippen LogP contribution in [0.3, 0.4) is 0 Å². The number of rotatable bonds is 2. The smallest absolute Gasteiger partial charge is 0.200 e. The van der Waals surface area contributed by atoms with Crippen LogP contribution in [0.4, 0.5) is 8.78 Å². The van der Waals surface area contributed by atoms with Crippen molar-refractivity contribution < 1.29 is 18.6 Å². The number of benzene rings is 1. The van der Waals surface area contributed by atoms with Gasteiger partial charge in [-0.25, -0.2) is 4.39 Å². The van der Waals surface area contributed by atoms with Gasteiger partial charge in [-0.1, -0.05) is 12.5 Å². The number of aliphatic hydroxyl groups excluding tert-OH is 1. The van der Waals surface area contributed by atoms with Crippen molar-refractivity contribution in [3.05, 3.63) is 29.8 Å². The molecular weight excluding hydrogens is 214 g/mol. The fourth-order valence-electron chi connectivity index (χ4n) is 1.95. The SMILES string of the molecule is O[C@@H]1CCCC[C@H]1Oc1cccc(F)c1F. The first-order valence-corrected chi connectivity index (χ1v) is 5.47. The standard InChI is InChI=1S/C12H14F2O2/c13-8-4-3-7-11(12(8)14)16-10-6-2-1-5-9(10)15/h3-4,7,9-10,15H,1-2,5-6H2/t9-,10-/m1/s1. The highest BCUT2D eigenvalue weighted by Crippen LogP contribution is 2.26. The number of hydrogen-bond acceptors (Lipinski definition) is 2. The Bertz CT molecular complexity index is 368. The van der Waals surface area contributed by atoms with E-state index in [4.69, 9.17) is 4.74 Å². The van der Waals surface area contributed by atoms with E-state index < -0.39 is 23.8 Å². The fraction of sp³-hybridized carbons (Fsp3) is 0.500. The van der Waals surface area contributed by atoms with Crippen LogP contribution in [0, 0.1) is 11.6 Å². The highest BCUT2D eigenvalue weighted by Gasteiger charge is 2.25. The van der Waals surface area contributed by atoms with Gasteiger partial charge in [-0.05, 0) is 31.4 Å². The molecule has 0 aliphatic heterocycles. The molecule has 16 heavy (non-hydrogen) atoms. The van der Waals surface area contributed by atoms with Gasteiger partial charge >= 0.3 is 0 Å². The van der Waals surface area contributed by atoms with E-state index in [2.05, 4.69) is 0 Å². The van der Waals surface area contributed by atoms with Crippen molar-refractivity contribution in [2.75, 3.05) is 0 Å². The van der Waals surface area contributed by atoms with Crippen molar-refractivity contribution in [3.63, 3.8) is 0 Å². The van der Waals surface area contributed by atoms with Crippen LogP contribution in [-0.4, -0.2) is 17.3 Å². The Hall–Kier alpha value is -1.16. The Morgan fingerprint density at radius 2 is 1.94 bits per heavy atom. The molecule has 1 aliphatic carbocycles. The lowest BCUT2D eigenvalue weighted by atomic mass is 9.95. The van der Waals surface area contributed by atoms with Crippen LogP contribution in [0.5, 0.6) is 5.75 Å². The largest absolute Gasteiger partial charge is 0.485 e. The van der Waals surface area contributed by atoms with E-state index in [9.17, 15) is 13.9 Å². The molecule has 1 N–H and O–H groups in total. The molecule has 0 heterocycles. The summed E-state index contributed by atoms with van der Waals surface area (Å²) in [6, 6.07) is 3.81. The van der Waals surface area contributed by atoms with Gasteiger partial charge in [0.15, 0.2) is 11.6 Å². The quantitative estimate of drug-likeness (QED) is 0.843. The Morgan fingerprint density at radius 1 is 1.19 bits per heavy atom. The second kappa shape index (κ2) is 4.78. The lowest BCUT2D eigenvalue weighted by Crippen LogP contribution is -2.34. The van der Waals surface area contributed by atoms with Crippen molar-refractivity contribution in [2.24, 2.45) is 0 Å². The van der Waals surface area contributed by atoms with Crippen LogP contribution in [0.15, 0.2) is 18.2 Å². The molecule has 0 saturated heterocycles. The molecule has 0 bridgehead atoms. The molecule has 1 aliphatic rings. The molecule has 0 unspecified atom stereocenters. The van der Waals surface area contributed by atoms with Crippen LogP contribution >= 0.6 is 0 Å². The molecule has 1 aromatic carbocycles. The second-order valence-corrected chi connectivity index (χ2v) is 4.06. The molecule has 0 spiro atoms. The lowest BCUT2D eigenvalue weighted by Gasteiger charge is -2.28. The average Bonchev–Trinajstić information content (AvgIpc) is 2.28. The number of halogens is 2. The van der Waals surface area contributed by atoms with E-state index in [1.54, 1.807) is 0 Å². The van der Waals surface area contributed by atoms with Gasteiger partial charge in [0.2, 0.25) is 5.82 Å². The second-order valence-electron chi connectivity index (χ2n) is 4.06. The maximum Gasteiger partial charge on any atom is 0.200 e. The predicted molar refractivity (Wildman–Crippen MR) is 55.2 cm³/mol. The molecule has 4 heteroatoms. The third-order valence-corrected chi connectivity index (χ3v) is 2.86. The molecular formula is C12H14F2O2. The normalized spacial score (nSPS) is 25.4. The van der Waals surface area contributed by atoms with Gasteiger partial charge in [-0.15, -0.1) is 0 Å². The molecule has 2 nitrogen and oxygen atoms in total. The van der Waals surface area contributed by atoms with Crippen molar-refractivity contribution in [1.82, 2.24) is 0 Å². The first-order chi connectivity index (χ1) is 7.68. The van der Waals surface area contributed by atoms with E-state index >= 15 is 0 Å². The topological polar surface area (TPSA) is 29.5 Å². The monoisotopic (exact) mass is 228 g/mol. The lowest BCUT2D eigenvalue weighted by molar-refractivity contribution is 0.00466. The summed E-state index contributed by atoms with van der Waals surface area (Å²) < 4.78 is 31.5. The molecule has 0 aromatic heterocycles. The van der Waals surface area contributed by atoms with E-state index in [1.165, 1.54) is 12.1 Å². The summed E-state index contributed by atoms with van der Waals surface area (Å²) in [5.74, 6) is -2.03. The zero-order valence-corrected chi connectivity index (χ0v) is 8.83. The van der Waals surface area contributed by atoms with Gasteiger partial charge < -0.3 is 9.84 Å². The molecule has 88 valence electrons. The van der Waals surface area contributed by atoms with Crippen LogP contribution in [-0.2, 0) is 0 Å². The summed E-state index contributed by atoms with van der Waals surface area (Å²) >= 11 is 0. The van der Waals surface area contributed by atoms with Crippen molar-refractivity contribution in [2.45, 2.75) is 37.9 Å². The third kappa shape index (κ3) is 2.32.